The number of benzene rings is 14. The predicted molar refractivity (Wildman–Crippen MR) is 482 cm³/mol. The van der Waals surface area contributed by atoms with Crippen LogP contribution in [-0.4, -0.2) is 13.4 Å². The van der Waals surface area contributed by atoms with Crippen molar-refractivity contribution in [3.8, 4) is 33.8 Å². The van der Waals surface area contributed by atoms with Crippen molar-refractivity contribution in [2.45, 2.75) is 57.3 Å². The van der Waals surface area contributed by atoms with Crippen molar-refractivity contribution >= 4 is 126 Å². The van der Waals surface area contributed by atoms with Crippen LogP contribution < -0.4 is 62.0 Å². The van der Waals surface area contributed by atoms with Gasteiger partial charge in [0, 0.05) is 86.0 Å². The van der Waals surface area contributed by atoms with E-state index < -0.39 is 5.41 Å². The van der Waals surface area contributed by atoms with Crippen LogP contribution in [-0.2, 0) is 10.8 Å². The van der Waals surface area contributed by atoms with Gasteiger partial charge >= 0.3 is 0 Å². The van der Waals surface area contributed by atoms with Crippen molar-refractivity contribution in [2.24, 2.45) is 11.8 Å². The van der Waals surface area contributed by atoms with E-state index in [0.717, 1.165) is 116 Å². The topological polar surface area (TPSA) is 25.4 Å². The molecule has 5 heterocycles. The zero-order chi connectivity index (χ0) is 76.2. The summed E-state index contributed by atoms with van der Waals surface area (Å²) in [5.74, 6) is 1.86. The Bertz CT molecular complexity index is 6510. The molecule has 14 aromatic carbocycles. The van der Waals surface area contributed by atoms with Crippen LogP contribution in [0.1, 0.15) is 74.3 Å². The Morgan fingerprint density at radius 1 is 0.383 bits per heavy atom. The van der Waals surface area contributed by atoms with Crippen LogP contribution in [0.4, 0.5) is 79.6 Å². The monoisotopic (exact) mass is 1470 g/mol. The van der Waals surface area contributed by atoms with Gasteiger partial charge in [0.05, 0.1) is 28.2 Å². The van der Waals surface area contributed by atoms with E-state index in [1.165, 1.54) is 100 Å². The van der Waals surface area contributed by atoms with Crippen LogP contribution >= 0.6 is 0 Å². The highest BCUT2D eigenvalue weighted by atomic mass is 16.5. The van der Waals surface area contributed by atoms with E-state index in [9.17, 15) is 0 Å². The molecule has 8 heteroatoms. The highest BCUT2D eigenvalue weighted by Crippen LogP contribution is 2.66. The third-order valence-corrected chi connectivity index (χ3v) is 25.9. The van der Waals surface area contributed by atoms with Crippen LogP contribution in [0.2, 0.25) is 0 Å². The fourth-order valence-electron chi connectivity index (χ4n) is 21.0. The molecule has 0 saturated heterocycles. The van der Waals surface area contributed by atoms with Gasteiger partial charge in [0.1, 0.15) is 11.5 Å². The van der Waals surface area contributed by atoms with Crippen molar-refractivity contribution in [2.75, 3.05) is 24.5 Å². The summed E-state index contributed by atoms with van der Waals surface area (Å²) >= 11 is 0. The van der Waals surface area contributed by atoms with Crippen LogP contribution in [0.25, 0.3) is 22.3 Å². The number of nitrogens with zero attached hydrogens (tertiary/aromatic N) is 5. The van der Waals surface area contributed by atoms with E-state index in [2.05, 4.69) is 421 Å². The van der Waals surface area contributed by atoms with Crippen LogP contribution in [0.15, 0.2) is 393 Å². The van der Waals surface area contributed by atoms with E-state index in [4.69, 9.17) is 4.74 Å². The fraction of sp³-hybridized carbons (Fsp3) is 0.103. The minimum absolute atomic E-state index is 0.0466. The van der Waals surface area contributed by atoms with Crippen LogP contribution in [0.5, 0.6) is 11.5 Å². The fourth-order valence-corrected chi connectivity index (χ4v) is 21.0. The van der Waals surface area contributed by atoms with Crippen molar-refractivity contribution in [3.63, 3.8) is 0 Å². The maximum Gasteiger partial charge on any atom is 0.256 e. The standard InChI is InChI=1S/C107H81B2N5O/c1-106(2,3)73-62-98-103-99(63-73)114(105-80(71-38-13-5-14-39-71)53-35-54-81(105)72-40-15-6-16-41-72)97-69-95-87(67-91(97)108(103)88-57-30-33-60-93(88)111(98)75-44-19-8-20-45-75)107(84-55-28-25-51-82(84)83-52-26-29-56-85(83)107)86-66-90-96(68-94(86)112(95)76-46-21-9-22-47-76)113(77-48-23-10-24-49-77)100-64-78(65-102-104(100)109(90)89-58-31-34-61-101(89)115-102)110(74-42-17-7-18-43-74)92-59-32-27-50-79(92)70-36-11-4-12-37-70/h4-5,7-15,17-38,40-53,55-69,71,81H,6,16,39,54H2,1-3H3. The van der Waals surface area contributed by atoms with Crippen molar-refractivity contribution in [1.82, 2.24) is 0 Å². The first-order chi connectivity index (χ1) is 56.7. The summed E-state index contributed by atoms with van der Waals surface area (Å²) in [7, 11) is 0. The Morgan fingerprint density at radius 2 is 0.922 bits per heavy atom. The second-order valence-corrected chi connectivity index (χ2v) is 33.1. The molecule has 546 valence electrons. The largest absolute Gasteiger partial charge is 0.458 e. The molecule has 2 unspecified atom stereocenters. The number of rotatable bonds is 10. The Balaban J connectivity index is 0.859. The third-order valence-electron chi connectivity index (χ3n) is 25.9. The zero-order valence-electron chi connectivity index (χ0n) is 64.6. The summed E-state index contributed by atoms with van der Waals surface area (Å²) in [6.07, 6.45) is 25.7. The van der Waals surface area contributed by atoms with E-state index in [1.54, 1.807) is 0 Å². The first kappa shape index (κ1) is 67.2. The first-order valence-corrected chi connectivity index (χ1v) is 41.0. The van der Waals surface area contributed by atoms with Crippen molar-refractivity contribution in [3.05, 3.63) is 421 Å². The number of hydrogen-bond donors (Lipinski definition) is 0. The van der Waals surface area contributed by atoms with E-state index in [1.807, 2.05) is 0 Å². The highest BCUT2D eigenvalue weighted by Gasteiger charge is 2.56. The molecule has 6 nitrogen and oxygen atoms in total. The Morgan fingerprint density at radius 3 is 1.56 bits per heavy atom. The van der Waals surface area contributed by atoms with Gasteiger partial charge < -0.3 is 29.2 Å². The molecule has 4 aliphatic carbocycles. The Kier molecular flexibility index (Phi) is 15.3. The molecule has 0 fully saturated rings. The summed E-state index contributed by atoms with van der Waals surface area (Å²) in [5.41, 5.74) is 37.0. The first-order valence-electron chi connectivity index (χ1n) is 41.0. The summed E-state index contributed by atoms with van der Waals surface area (Å²) < 4.78 is 7.56. The minimum atomic E-state index is -0.892. The molecule has 0 bridgehead atoms. The molecule has 1 spiro atoms. The van der Waals surface area contributed by atoms with Gasteiger partial charge in [0.15, 0.2) is 0 Å². The Labute approximate surface area is 674 Å². The van der Waals surface area contributed by atoms with Gasteiger partial charge in [-0.25, -0.2) is 0 Å². The molecule has 2 atom stereocenters. The summed E-state index contributed by atoms with van der Waals surface area (Å²) in [6.45, 7) is 6.75. The lowest BCUT2D eigenvalue weighted by atomic mass is 9.33. The lowest BCUT2D eigenvalue weighted by Crippen LogP contribution is -2.62. The number of ether oxygens (including phenoxy) is 1. The Hall–Kier alpha value is -13.6. The average molecular weight is 1470 g/mol. The maximum atomic E-state index is 7.56. The molecule has 0 N–H and O–H groups in total. The molecule has 0 amide bonds. The molecule has 9 aliphatic rings. The molecule has 14 aromatic rings. The second-order valence-electron chi connectivity index (χ2n) is 33.1. The quantitative estimate of drug-likeness (QED) is 0.127. The zero-order valence-corrected chi connectivity index (χ0v) is 64.6. The molecular weight excluding hydrogens is 1390 g/mol. The summed E-state index contributed by atoms with van der Waals surface area (Å²) in [5, 5.41) is 0. The van der Waals surface area contributed by atoms with Gasteiger partial charge in [-0.2, -0.15) is 0 Å². The number of fused-ring (bicyclic) bond motifs is 17. The smallest absolute Gasteiger partial charge is 0.256 e. The van der Waals surface area contributed by atoms with Crippen LogP contribution in [0.3, 0.4) is 0 Å². The van der Waals surface area contributed by atoms with E-state index in [0.29, 0.717) is 0 Å². The number of hydrogen-bond acceptors (Lipinski definition) is 6. The molecule has 115 heavy (non-hydrogen) atoms. The number of para-hydroxylation sites is 7. The SMILES string of the molecule is CC(C)(C)c1cc2c3c(c1)N(c1ccccc1)c1ccccc1B3c1cc3c(cc1N2C1=C(C2C=CC=CC2)C=CCC1C1=CCCC=C1)N(c1ccccc1)c1cc2c(cc1C31c3ccccc3-c3ccccc31)B1c3ccccc3Oc3cc(N(c4ccccc4)c4ccccc4-c4ccccc4)cc(c31)N2c1ccccc1. The predicted octanol–water partition coefficient (Wildman–Crippen LogP) is 23.7. The minimum Gasteiger partial charge on any atom is -0.458 e. The number of allylic oxidation sites excluding steroid dienone is 11. The van der Waals surface area contributed by atoms with Crippen molar-refractivity contribution in [1.29, 1.82) is 0 Å². The molecule has 0 radical (unpaired) electrons. The molecule has 0 saturated carbocycles. The molecular formula is C107H81B2N5O. The van der Waals surface area contributed by atoms with Gasteiger partial charge in [-0.1, -0.05) is 294 Å². The molecule has 5 aliphatic heterocycles. The van der Waals surface area contributed by atoms with Gasteiger partial charge in [0.2, 0.25) is 0 Å². The molecule has 0 aromatic heterocycles. The lowest BCUT2D eigenvalue weighted by molar-refractivity contribution is 0.487. The van der Waals surface area contributed by atoms with Gasteiger partial charge in [-0.05, 0) is 217 Å². The van der Waals surface area contributed by atoms with Crippen LogP contribution in [0, 0.1) is 11.8 Å². The molecule has 23 rings (SSSR count). The van der Waals surface area contributed by atoms with E-state index in [-0.39, 0.29) is 30.7 Å². The normalized spacial score (nSPS) is 16.9. The van der Waals surface area contributed by atoms with Gasteiger partial charge in [0.25, 0.3) is 13.4 Å². The highest BCUT2D eigenvalue weighted by molar-refractivity contribution is 7.01. The van der Waals surface area contributed by atoms with Gasteiger partial charge in [-0.3, -0.25) is 0 Å². The number of anilines is 14. The summed E-state index contributed by atoms with van der Waals surface area (Å²) in [6, 6.07) is 122. The van der Waals surface area contributed by atoms with Crippen molar-refractivity contribution < 1.29 is 4.74 Å². The third kappa shape index (κ3) is 10.2. The maximum absolute atomic E-state index is 7.56. The lowest BCUT2D eigenvalue weighted by Gasteiger charge is -2.50. The summed E-state index contributed by atoms with van der Waals surface area (Å²) in [4.78, 5) is 13.1. The average Bonchev–Trinajstić information content (AvgIpc) is 1.59. The second kappa shape index (κ2) is 26.3. The van der Waals surface area contributed by atoms with Gasteiger partial charge in [-0.15, -0.1) is 0 Å². The van der Waals surface area contributed by atoms with E-state index >= 15 is 0 Å².